The molecule has 0 heterocycles. The van der Waals surface area contributed by atoms with E-state index in [9.17, 15) is 0 Å². The quantitative estimate of drug-likeness (QED) is 0.160. The van der Waals surface area contributed by atoms with Crippen molar-refractivity contribution >= 4 is 41.5 Å². The minimum Gasteiger partial charge on any atom is -0.147 e. The van der Waals surface area contributed by atoms with Crippen molar-refractivity contribution in [3.05, 3.63) is 134 Å². The van der Waals surface area contributed by atoms with Crippen LogP contribution in [0.25, 0.3) is 11.1 Å². The number of rotatable bonds is 4. The second-order valence-electron chi connectivity index (χ2n) is 17.0. The Labute approximate surface area is 299 Å². The zero-order chi connectivity index (χ0) is 32.6. The van der Waals surface area contributed by atoms with Gasteiger partial charge in [0.25, 0.3) is 0 Å². The third-order valence-corrected chi connectivity index (χ3v) is 36.9. The van der Waals surface area contributed by atoms with Crippen molar-refractivity contribution in [3.63, 3.8) is 0 Å². The van der Waals surface area contributed by atoms with E-state index in [-0.39, 0.29) is 41.1 Å². The first-order chi connectivity index (χ1) is 20.9. The average Bonchev–Trinajstić information content (AvgIpc) is 3.57. The van der Waals surface area contributed by atoms with Crippen molar-refractivity contribution in [1.29, 1.82) is 0 Å². The molecule has 0 radical (unpaired) electrons. The molecule has 2 aliphatic carbocycles. The summed E-state index contributed by atoms with van der Waals surface area (Å²) in [5.74, 6) is 0.369. The zero-order valence-corrected chi connectivity index (χ0v) is 35.6. The van der Waals surface area contributed by atoms with E-state index in [4.69, 9.17) is 0 Å². The number of hydrogen-bond acceptors (Lipinski definition) is 0. The zero-order valence-electron chi connectivity index (χ0n) is 30.1. The van der Waals surface area contributed by atoms with Crippen LogP contribution in [0.15, 0.2) is 112 Å². The summed E-state index contributed by atoms with van der Waals surface area (Å²) >= 11 is -4.62. The molecule has 0 fully saturated rings. The molecule has 0 nitrogen and oxygen atoms in total. The number of hydrogen-bond donors (Lipinski definition) is 0. The maximum absolute atomic E-state index is 4.62. The molecule has 0 N–H and O–H groups in total. The molecule has 4 aromatic carbocycles. The normalized spacial score (nSPS) is 16.4. The van der Waals surface area contributed by atoms with Gasteiger partial charge in [-0.15, -0.1) is 24.8 Å². The second-order valence-corrected chi connectivity index (χ2v) is 38.2. The van der Waals surface area contributed by atoms with Gasteiger partial charge < -0.3 is 0 Å². The van der Waals surface area contributed by atoms with E-state index >= 15 is 0 Å². The smallest absolute Gasteiger partial charge is 0.147 e. The summed E-state index contributed by atoms with van der Waals surface area (Å²) in [5.41, 5.74) is 10.5. The average molecular weight is 761 g/mol. The summed E-state index contributed by atoms with van der Waals surface area (Å²) in [6, 6.07) is 36.0. The molecular formula is C43H54Cl2SiZr. The fraction of sp³-hybridized carbons (Fsp3) is 0.349. The van der Waals surface area contributed by atoms with E-state index in [0.717, 1.165) is 6.42 Å². The SMILES string of the molecule is CC1C=C(C(C)(C)C)C=[C]1[Zr](=[SiH2])([c]1ccccc1)([c]1ccccc1)[c]1cc(C(C)(C)C)cc2c1Cc1ccc(C(C)(C)C)cc1-2.Cl.Cl. The molecule has 1 atom stereocenters. The van der Waals surface area contributed by atoms with Gasteiger partial charge >= 0.3 is 277 Å². The summed E-state index contributed by atoms with van der Waals surface area (Å²) in [4.78, 5) is 0. The Kier molecular flexibility index (Phi) is 10.3. The van der Waals surface area contributed by atoms with Gasteiger partial charge in [-0.3, -0.25) is 0 Å². The predicted molar refractivity (Wildman–Crippen MR) is 212 cm³/mol. The molecule has 0 spiro atoms. The fourth-order valence-corrected chi connectivity index (χ4v) is 31.7. The first-order valence-corrected chi connectivity index (χ1v) is 27.7. The van der Waals surface area contributed by atoms with E-state index in [2.05, 4.69) is 179 Å². The molecule has 0 amide bonds. The second kappa shape index (κ2) is 12.7. The van der Waals surface area contributed by atoms with Crippen LogP contribution < -0.4 is 9.81 Å². The van der Waals surface area contributed by atoms with Gasteiger partial charge in [-0.1, -0.05) is 0 Å². The summed E-state index contributed by atoms with van der Waals surface area (Å²) in [6.45, 7) is 26.2. The van der Waals surface area contributed by atoms with Gasteiger partial charge in [-0.25, -0.2) is 0 Å². The van der Waals surface area contributed by atoms with Crippen LogP contribution in [0.2, 0.25) is 0 Å². The van der Waals surface area contributed by atoms with E-state index in [1.807, 2.05) is 0 Å². The molecule has 0 aliphatic heterocycles. The standard InChI is InChI=1S/C21H25.C10H15.2C6H5.2ClH.H2Si.Zr/c1-20(2,3)16-9-7-14-11-15-8-10-17(21(4,5)6)13-19(15)18(14)12-16;1-8-5-6-9(7-8)10(2,3)4;2*1-2-4-6-5-3-1;;;;/h7,9-10,12-13H,11H2,1-6H3;6-8H,1-4H3;2*1-5H;2*1H;1H2;. The first-order valence-electron chi connectivity index (χ1n) is 16.8. The van der Waals surface area contributed by atoms with Gasteiger partial charge in [0.15, 0.2) is 0 Å². The minimum absolute atomic E-state index is 0. The Morgan fingerprint density at radius 3 is 1.60 bits per heavy atom. The molecule has 0 bridgehead atoms. The van der Waals surface area contributed by atoms with Crippen molar-refractivity contribution in [2.75, 3.05) is 0 Å². The molecule has 2 aliphatic rings. The molecule has 1 unspecified atom stereocenters. The molecule has 248 valence electrons. The summed E-state index contributed by atoms with van der Waals surface area (Å²) in [5, 5.41) is 0. The summed E-state index contributed by atoms with van der Waals surface area (Å²) < 4.78 is 6.41. The van der Waals surface area contributed by atoms with Gasteiger partial charge in [0.2, 0.25) is 0 Å². The number of allylic oxidation sites excluding steroid dienone is 4. The van der Waals surface area contributed by atoms with Gasteiger partial charge in [0, 0.05) is 0 Å². The maximum atomic E-state index is 2.69. The Hall–Kier alpha value is -1.96. The molecule has 0 saturated carbocycles. The molecule has 4 aromatic rings. The molecular weight excluding hydrogens is 707 g/mol. The third kappa shape index (κ3) is 6.09. The number of halogens is 2. The molecule has 0 saturated heterocycles. The van der Waals surface area contributed by atoms with E-state index in [0.29, 0.717) is 5.92 Å². The molecule has 6 rings (SSSR count). The van der Waals surface area contributed by atoms with Crippen molar-refractivity contribution in [3.8, 4) is 11.1 Å². The monoisotopic (exact) mass is 758 g/mol. The van der Waals surface area contributed by atoms with Crippen LogP contribution in [0.5, 0.6) is 0 Å². The van der Waals surface area contributed by atoms with Crippen LogP contribution in [0.1, 0.15) is 91.5 Å². The van der Waals surface area contributed by atoms with Gasteiger partial charge in [0.05, 0.1) is 0 Å². The largest absolute Gasteiger partial charge is 0.147 e. The molecule has 0 aromatic heterocycles. The van der Waals surface area contributed by atoms with E-state index < -0.39 is 17.4 Å². The van der Waals surface area contributed by atoms with E-state index in [1.54, 1.807) is 18.7 Å². The Morgan fingerprint density at radius 1 is 0.617 bits per heavy atom. The molecule has 47 heavy (non-hydrogen) atoms. The van der Waals surface area contributed by atoms with E-state index in [1.165, 1.54) is 33.4 Å². The van der Waals surface area contributed by atoms with Crippen LogP contribution in [-0.4, -0.2) is 6.88 Å². The maximum Gasteiger partial charge on any atom is -0.147 e. The summed E-state index contributed by atoms with van der Waals surface area (Å²) in [7, 11) is 0. The Balaban J connectivity index is 0.00000250. The fourth-order valence-electron chi connectivity index (χ4n) is 8.08. The van der Waals surface area contributed by atoms with Crippen LogP contribution in [0, 0.1) is 11.3 Å². The van der Waals surface area contributed by atoms with Crippen molar-refractivity contribution < 1.29 is 17.4 Å². The van der Waals surface area contributed by atoms with Crippen molar-refractivity contribution in [2.24, 2.45) is 11.3 Å². The van der Waals surface area contributed by atoms with Crippen LogP contribution in [-0.2, 0) is 34.6 Å². The third-order valence-electron chi connectivity index (χ3n) is 10.9. The van der Waals surface area contributed by atoms with Gasteiger partial charge in [-0.2, -0.15) is 0 Å². The van der Waals surface area contributed by atoms with Gasteiger partial charge in [-0.05, 0) is 0 Å². The minimum atomic E-state index is -4.62. The van der Waals surface area contributed by atoms with Crippen LogP contribution >= 0.6 is 24.8 Å². The Bertz CT molecular complexity index is 1880. The number of benzene rings is 4. The number of fused-ring (bicyclic) bond motifs is 3. The first kappa shape index (κ1) is 37.9. The summed E-state index contributed by atoms with van der Waals surface area (Å²) in [6.07, 6.45) is 6.25. The topological polar surface area (TPSA) is 0 Å². The molecule has 4 heteroatoms. The van der Waals surface area contributed by atoms with Crippen molar-refractivity contribution in [1.82, 2.24) is 0 Å². The van der Waals surface area contributed by atoms with Crippen LogP contribution in [0.4, 0.5) is 0 Å². The van der Waals surface area contributed by atoms with Crippen molar-refractivity contribution in [2.45, 2.75) is 86.5 Å². The Morgan fingerprint density at radius 2 is 1.13 bits per heavy atom. The van der Waals surface area contributed by atoms with Gasteiger partial charge in [0.1, 0.15) is 0 Å². The van der Waals surface area contributed by atoms with Crippen LogP contribution in [0.3, 0.4) is 0 Å². The predicted octanol–water partition coefficient (Wildman–Crippen LogP) is 9.72.